The smallest absolute Gasteiger partial charge is 0.335 e. The van der Waals surface area contributed by atoms with E-state index in [2.05, 4.69) is 12.2 Å². The Morgan fingerprint density at radius 2 is 1.75 bits per heavy atom. The summed E-state index contributed by atoms with van der Waals surface area (Å²) >= 11 is 11.9. The van der Waals surface area contributed by atoms with E-state index in [4.69, 9.17) is 32.7 Å². The number of nitrogens with one attached hydrogen (secondary N) is 1. The number of ether oxygens (including phenoxy) is 2. The van der Waals surface area contributed by atoms with E-state index < -0.39 is 17.8 Å². The number of rotatable bonds is 8. The highest BCUT2D eigenvalue weighted by atomic mass is 35.5. The van der Waals surface area contributed by atoms with Crippen molar-refractivity contribution in [3.8, 4) is 11.5 Å². The number of amides is 4. The van der Waals surface area contributed by atoms with E-state index in [1.54, 1.807) is 18.2 Å². The maximum absolute atomic E-state index is 13.0. The van der Waals surface area contributed by atoms with Gasteiger partial charge in [0.2, 0.25) is 0 Å². The number of urea groups is 1. The van der Waals surface area contributed by atoms with Crippen molar-refractivity contribution < 1.29 is 23.9 Å². The van der Waals surface area contributed by atoms with Crippen molar-refractivity contribution >= 4 is 52.8 Å². The molecule has 1 aliphatic rings. The van der Waals surface area contributed by atoms with Crippen LogP contribution in [0.2, 0.25) is 10.0 Å². The van der Waals surface area contributed by atoms with Crippen LogP contribution in [0, 0.1) is 0 Å². The van der Waals surface area contributed by atoms with Gasteiger partial charge in [-0.05, 0) is 55.3 Å². The van der Waals surface area contributed by atoms with Gasteiger partial charge in [-0.15, -0.1) is 0 Å². The first-order valence-corrected chi connectivity index (χ1v) is 10.9. The number of nitrogens with zero attached hydrogens (tertiary/aromatic N) is 1. The molecule has 1 saturated heterocycles. The monoisotopic (exact) mass is 476 g/mol. The summed E-state index contributed by atoms with van der Waals surface area (Å²) in [5.74, 6) is -0.496. The molecule has 0 aliphatic carbocycles. The van der Waals surface area contributed by atoms with Crippen LogP contribution in [-0.2, 0) is 9.59 Å². The molecule has 0 atom stereocenters. The lowest BCUT2D eigenvalue weighted by Crippen LogP contribution is -2.54. The fourth-order valence-corrected chi connectivity index (χ4v) is 3.30. The summed E-state index contributed by atoms with van der Waals surface area (Å²) in [5, 5.41) is 2.62. The molecule has 1 N–H and O–H groups in total. The van der Waals surface area contributed by atoms with Gasteiger partial charge >= 0.3 is 6.03 Å². The Hall–Kier alpha value is -3.03. The molecule has 3 rings (SSSR count). The van der Waals surface area contributed by atoms with Crippen LogP contribution in [0.4, 0.5) is 10.5 Å². The Bertz CT molecular complexity index is 1080. The third kappa shape index (κ3) is 5.23. The first kappa shape index (κ1) is 23.6. The van der Waals surface area contributed by atoms with Crippen LogP contribution >= 0.6 is 23.2 Å². The molecule has 1 heterocycles. The molecule has 0 spiro atoms. The van der Waals surface area contributed by atoms with Crippen LogP contribution in [0.5, 0.6) is 11.5 Å². The molecule has 0 radical (unpaired) electrons. The molecule has 0 bridgehead atoms. The number of hydrogen-bond acceptors (Lipinski definition) is 5. The molecule has 1 fully saturated rings. The van der Waals surface area contributed by atoms with Crippen molar-refractivity contribution in [1.29, 1.82) is 0 Å². The SMILES string of the molecule is CCCCOc1ccc(/C=C2/C(=O)NC(=O)N(c3ccc(Cl)c(Cl)c3)C2=O)cc1OCC. The van der Waals surface area contributed by atoms with Gasteiger partial charge in [-0.1, -0.05) is 42.6 Å². The van der Waals surface area contributed by atoms with Gasteiger partial charge in [0.25, 0.3) is 11.8 Å². The van der Waals surface area contributed by atoms with Crippen molar-refractivity contribution in [1.82, 2.24) is 5.32 Å². The minimum Gasteiger partial charge on any atom is -0.490 e. The summed E-state index contributed by atoms with van der Waals surface area (Å²) in [6.07, 6.45) is 3.30. The van der Waals surface area contributed by atoms with E-state index in [0.29, 0.717) is 30.3 Å². The molecule has 0 aromatic heterocycles. The summed E-state index contributed by atoms with van der Waals surface area (Å²) in [6.45, 7) is 4.89. The molecule has 2 aromatic rings. The van der Waals surface area contributed by atoms with Gasteiger partial charge < -0.3 is 9.47 Å². The minimum atomic E-state index is -0.870. The number of halogens is 2. The zero-order valence-electron chi connectivity index (χ0n) is 17.6. The van der Waals surface area contributed by atoms with E-state index in [1.165, 1.54) is 24.3 Å². The Labute approximate surface area is 195 Å². The number of unbranched alkanes of at least 4 members (excludes halogenated alkanes) is 1. The van der Waals surface area contributed by atoms with Crippen molar-refractivity contribution in [2.45, 2.75) is 26.7 Å². The topological polar surface area (TPSA) is 84.9 Å². The van der Waals surface area contributed by atoms with Gasteiger partial charge in [0.15, 0.2) is 11.5 Å². The van der Waals surface area contributed by atoms with Crippen molar-refractivity contribution in [3.63, 3.8) is 0 Å². The fraction of sp³-hybridized carbons (Fsp3) is 0.261. The molecule has 32 heavy (non-hydrogen) atoms. The molecule has 4 amide bonds. The average Bonchev–Trinajstić information content (AvgIpc) is 2.75. The number of hydrogen-bond donors (Lipinski definition) is 1. The Balaban J connectivity index is 1.94. The number of barbiturate groups is 1. The zero-order valence-corrected chi connectivity index (χ0v) is 19.1. The first-order valence-electron chi connectivity index (χ1n) is 10.1. The summed E-state index contributed by atoms with van der Waals surface area (Å²) in [7, 11) is 0. The van der Waals surface area contributed by atoms with Crippen LogP contribution in [-0.4, -0.2) is 31.1 Å². The van der Waals surface area contributed by atoms with Gasteiger partial charge in [0.1, 0.15) is 5.57 Å². The zero-order chi connectivity index (χ0) is 23.3. The Morgan fingerprint density at radius 1 is 0.969 bits per heavy atom. The second-order valence-corrected chi connectivity index (χ2v) is 7.71. The summed E-state index contributed by atoms with van der Waals surface area (Å²) < 4.78 is 11.4. The van der Waals surface area contributed by atoms with Crippen LogP contribution in [0.3, 0.4) is 0 Å². The fourth-order valence-electron chi connectivity index (χ4n) is 3.01. The van der Waals surface area contributed by atoms with Crippen molar-refractivity contribution in [2.75, 3.05) is 18.1 Å². The molecule has 0 unspecified atom stereocenters. The van der Waals surface area contributed by atoms with E-state index in [9.17, 15) is 14.4 Å². The molecular formula is C23H22Cl2N2O5. The van der Waals surface area contributed by atoms with Crippen molar-refractivity contribution in [2.24, 2.45) is 0 Å². The molecule has 1 aliphatic heterocycles. The summed E-state index contributed by atoms with van der Waals surface area (Å²) in [4.78, 5) is 38.6. The van der Waals surface area contributed by atoms with Gasteiger partial charge in [-0.2, -0.15) is 0 Å². The maximum Gasteiger partial charge on any atom is 0.335 e. The average molecular weight is 477 g/mol. The molecule has 168 valence electrons. The standard InChI is InChI=1S/C23H22Cl2N2O5/c1-3-5-10-32-19-9-6-14(12-20(19)31-4-2)11-16-21(28)26-23(30)27(22(16)29)15-7-8-17(24)18(25)13-15/h6-9,11-13H,3-5,10H2,1-2H3,(H,26,28,30)/b16-11-. The Kier molecular flexibility index (Phi) is 7.77. The highest BCUT2D eigenvalue weighted by Gasteiger charge is 2.37. The third-order valence-corrected chi connectivity index (χ3v) is 5.34. The van der Waals surface area contributed by atoms with E-state index >= 15 is 0 Å². The van der Waals surface area contributed by atoms with E-state index in [1.807, 2.05) is 6.92 Å². The van der Waals surface area contributed by atoms with Crippen LogP contribution in [0.15, 0.2) is 42.0 Å². The highest BCUT2D eigenvalue weighted by Crippen LogP contribution is 2.32. The lowest BCUT2D eigenvalue weighted by molar-refractivity contribution is -0.122. The molecule has 2 aromatic carbocycles. The first-order chi connectivity index (χ1) is 15.3. The third-order valence-electron chi connectivity index (χ3n) is 4.60. The molecule has 0 saturated carbocycles. The lowest BCUT2D eigenvalue weighted by atomic mass is 10.1. The number of anilines is 1. The number of benzene rings is 2. The van der Waals surface area contributed by atoms with Gasteiger partial charge in [0.05, 0.1) is 28.9 Å². The van der Waals surface area contributed by atoms with Crippen LogP contribution in [0.25, 0.3) is 6.08 Å². The lowest BCUT2D eigenvalue weighted by Gasteiger charge is -2.26. The number of imide groups is 2. The predicted molar refractivity (Wildman–Crippen MR) is 123 cm³/mol. The van der Waals surface area contributed by atoms with Crippen LogP contribution < -0.4 is 19.7 Å². The predicted octanol–water partition coefficient (Wildman–Crippen LogP) is 5.24. The largest absolute Gasteiger partial charge is 0.490 e. The number of carbonyl (C=O) groups excluding carboxylic acids is 3. The molecule has 7 nitrogen and oxygen atoms in total. The number of carbonyl (C=O) groups is 3. The van der Waals surface area contributed by atoms with E-state index in [0.717, 1.165) is 17.7 Å². The normalized spacial score (nSPS) is 15.2. The van der Waals surface area contributed by atoms with Gasteiger partial charge in [-0.3, -0.25) is 14.9 Å². The van der Waals surface area contributed by atoms with E-state index in [-0.39, 0.29) is 21.3 Å². The second kappa shape index (κ2) is 10.5. The minimum absolute atomic E-state index is 0.173. The highest BCUT2D eigenvalue weighted by molar-refractivity contribution is 6.43. The molecule has 9 heteroatoms. The van der Waals surface area contributed by atoms with Crippen LogP contribution in [0.1, 0.15) is 32.3 Å². The van der Waals surface area contributed by atoms with Gasteiger partial charge in [0, 0.05) is 0 Å². The maximum atomic E-state index is 13.0. The molecular weight excluding hydrogens is 455 g/mol. The summed E-state index contributed by atoms with van der Waals surface area (Å²) in [5.41, 5.74) is 0.519. The summed E-state index contributed by atoms with van der Waals surface area (Å²) in [6, 6.07) is 8.55. The second-order valence-electron chi connectivity index (χ2n) is 6.90. The van der Waals surface area contributed by atoms with Gasteiger partial charge in [-0.25, -0.2) is 9.69 Å². The quantitative estimate of drug-likeness (QED) is 0.320. The van der Waals surface area contributed by atoms with Crippen molar-refractivity contribution in [3.05, 3.63) is 57.6 Å². The Morgan fingerprint density at radius 3 is 2.44 bits per heavy atom.